The molecule has 5 rings (SSSR count). The SMILES string of the molecule is Cc1cc(C=Nc2ccc(Cl)c(Cl)c2)c(C)n1-c1cc(S(=O)(=O)N2CCOCC2)ccc1N1CCCC1. The standard InChI is InChI=1S/C27H30Cl2N4O3S/c1-19-15-21(18-30-22-5-7-24(28)25(29)16-22)20(2)33(19)27-17-23(6-8-26(27)31-9-3-4-10-31)37(34,35)32-11-13-36-14-12-32/h5-8,15-18H,3-4,9-14H2,1-2H3. The Hall–Kier alpha value is -2.36. The van der Waals surface area contributed by atoms with Crippen LogP contribution in [0.25, 0.3) is 5.69 Å². The largest absolute Gasteiger partial charge is 0.379 e. The highest BCUT2D eigenvalue weighted by Crippen LogP contribution is 2.34. The van der Waals surface area contributed by atoms with Gasteiger partial charge in [-0.3, -0.25) is 4.99 Å². The number of ether oxygens (including phenoxy) is 1. The van der Waals surface area contributed by atoms with Crippen molar-refractivity contribution < 1.29 is 13.2 Å². The predicted molar refractivity (Wildman–Crippen MR) is 150 cm³/mol. The number of aliphatic imine (C=N–C) groups is 1. The second-order valence-electron chi connectivity index (χ2n) is 9.38. The van der Waals surface area contributed by atoms with Crippen LogP contribution in [0.2, 0.25) is 10.0 Å². The summed E-state index contributed by atoms with van der Waals surface area (Å²) in [5, 5.41) is 0.940. The molecule has 2 fully saturated rings. The summed E-state index contributed by atoms with van der Waals surface area (Å²) >= 11 is 12.2. The fraction of sp³-hybridized carbons (Fsp3) is 0.370. The zero-order chi connectivity index (χ0) is 26.2. The molecule has 196 valence electrons. The molecular formula is C27H30Cl2N4O3S. The summed E-state index contributed by atoms with van der Waals surface area (Å²) in [6.45, 7) is 7.51. The average molecular weight is 562 g/mol. The molecule has 0 aliphatic carbocycles. The van der Waals surface area contributed by atoms with Crippen molar-refractivity contribution in [2.45, 2.75) is 31.6 Å². The lowest BCUT2D eigenvalue weighted by Gasteiger charge is -2.28. The van der Waals surface area contributed by atoms with E-state index in [0.29, 0.717) is 46.9 Å². The van der Waals surface area contributed by atoms with Crippen molar-refractivity contribution in [2.24, 2.45) is 4.99 Å². The predicted octanol–water partition coefficient (Wildman–Crippen LogP) is 5.77. The molecule has 37 heavy (non-hydrogen) atoms. The van der Waals surface area contributed by atoms with Gasteiger partial charge in [-0.15, -0.1) is 0 Å². The van der Waals surface area contributed by atoms with Crippen molar-refractivity contribution in [3.8, 4) is 5.69 Å². The molecule has 0 unspecified atom stereocenters. The van der Waals surface area contributed by atoms with Crippen LogP contribution in [0, 0.1) is 13.8 Å². The third-order valence-electron chi connectivity index (χ3n) is 6.97. The highest BCUT2D eigenvalue weighted by atomic mass is 35.5. The van der Waals surface area contributed by atoms with E-state index < -0.39 is 10.0 Å². The Labute approximate surface area is 228 Å². The first-order chi connectivity index (χ1) is 17.8. The van der Waals surface area contributed by atoms with E-state index in [1.54, 1.807) is 18.2 Å². The Kier molecular flexibility index (Phi) is 7.65. The summed E-state index contributed by atoms with van der Waals surface area (Å²) in [6, 6.07) is 12.8. The van der Waals surface area contributed by atoms with E-state index in [1.807, 2.05) is 38.3 Å². The molecule has 0 saturated carbocycles. The second-order valence-corrected chi connectivity index (χ2v) is 12.1. The van der Waals surface area contributed by atoms with Gasteiger partial charge < -0.3 is 14.2 Å². The molecule has 7 nitrogen and oxygen atoms in total. The van der Waals surface area contributed by atoms with Gasteiger partial charge in [-0.25, -0.2) is 8.42 Å². The van der Waals surface area contributed by atoms with E-state index in [-0.39, 0.29) is 0 Å². The van der Waals surface area contributed by atoms with Gasteiger partial charge in [0.05, 0.1) is 45.2 Å². The lowest BCUT2D eigenvalue weighted by atomic mass is 10.2. The summed E-state index contributed by atoms with van der Waals surface area (Å²) < 4.78 is 36.0. The van der Waals surface area contributed by atoms with Crippen LogP contribution in [0.5, 0.6) is 0 Å². The lowest BCUT2D eigenvalue weighted by Crippen LogP contribution is -2.40. The molecule has 0 amide bonds. The number of nitrogens with zero attached hydrogens (tertiary/aromatic N) is 4. The lowest BCUT2D eigenvalue weighted by molar-refractivity contribution is 0.0730. The van der Waals surface area contributed by atoms with Crippen molar-refractivity contribution in [1.29, 1.82) is 0 Å². The number of hydrogen-bond acceptors (Lipinski definition) is 5. The number of aryl methyl sites for hydroxylation is 1. The maximum Gasteiger partial charge on any atom is 0.243 e. The Morgan fingerprint density at radius 2 is 1.62 bits per heavy atom. The molecule has 0 radical (unpaired) electrons. The Morgan fingerprint density at radius 1 is 0.892 bits per heavy atom. The molecule has 0 spiro atoms. The van der Waals surface area contributed by atoms with Crippen LogP contribution in [-0.4, -0.2) is 62.9 Å². The first-order valence-electron chi connectivity index (χ1n) is 12.4. The van der Waals surface area contributed by atoms with Crippen LogP contribution < -0.4 is 4.90 Å². The number of morpholine rings is 1. The number of anilines is 1. The van der Waals surface area contributed by atoms with Gasteiger partial charge >= 0.3 is 0 Å². The molecular weight excluding hydrogens is 531 g/mol. The minimum absolute atomic E-state index is 0.297. The fourth-order valence-electron chi connectivity index (χ4n) is 5.00. The van der Waals surface area contributed by atoms with Crippen LogP contribution in [0.4, 0.5) is 11.4 Å². The van der Waals surface area contributed by atoms with E-state index in [9.17, 15) is 8.42 Å². The molecule has 3 aromatic rings. The van der Waals surface area contributed by atoms with E-state index in [0.717, 1.165) is 54.3 Å². The molecule has 2 aliphatic heterocycles. The number of benzene rings is 2. The number of hydrogen-bond donors (Lipinski definition) is 0. The molecule has 0 atom stereocenters. The molecule has 3 heterocycles. The van der Waals surface area contributed by atoms with Crippen molar-refractivity contribution in [3.05, 3.63) is 69.5 Å². The van der Waals surface area contributed by atoms with Gasteiger partial charge in [0.2, 0.25) is 10.0 Å². The monoisotopic (exact) mass is 560 g/mol. The summed E-state index contributed by atoms with van der Waals surface area (Å²) in [5.74, 6) is 0. The molecule has 0 N–H and O–H groups in total. The minimum Gasteiger partial charge on any atom is -0.379 e. The quantitative estimate of drug-likeness (QED) is 0.359. The Morgan fingerprint density at radius 3 is 2.32 bits per heavy atom. The zero-order valence-corrected chi connectivity index (χ0v) is 23.3. The second kappa shape index (κ2) is 10.8. The number of halogens is 2. The normalized spacial score (nSPS) is 17.2. The number of rotatable bonds is 6. The summed E-state index contributed by atoms with van der Waals surface area (Å²) in [4.78, 5) is 7.23. The van der Waals surface area contributed by atoms with Gasteiger partial charge in [0.25, 0.3) is 0 Å². The number of aromatic nitrogens is 1. The van der Waals surface area contributed by atoms with Gasteiger partial charge in [0, 0.05) is 49.3 Å². The molecule has 1 aromatic heterocycles. The topological polar surface area (TPSA) is 67.1 Å². The summed E-state index contributed by atoms with van der Waals surface area (Å²) in [7, 11) is -3.63. The molecule has 10 heteroatoms. The van der Waals surface area contributed by atoms with Crippen molar-refractivity contribution in [3.63, 3.8) is 0 Å². The van der Waals surface area contributed by atoms with Gasteiger partial charge in [-0.05, 0) is 69.2 Å². The minimum atomic E-state index is -3.63. The van der Waals surface area contributed by atoms with Crippen LogP contribution >= 0.6 is 23.2 Å². The Balaban J connectivity index is 1.57. The van der Waals surface area contributed by atoms with E-state index >= 15 is 0 Å². The van der Waals surface area contributed by atoms with Crippen LogP contribution in [0.1, 0.15) is 29.8 Å². The maximum atomic E-state index is 13.5. The van der Waals surface area contributed by atoms with Gasteiger partial charge in [0.15, 0.2) is 0 Å². The van der Waals surface area contributed by atoms with Gasteiger partial charge in [-0.1, -0.05) is 23.2 Å². The van der Waals surface area contributed by atoms with Crippen molar-refractivity contribution in [1.82, 2.24) is 8.87 Å². The highest BCUT2D eigenvalue weighted by Gasteiger charge is 2.28. The van der Waals surface area contributed by atoms with Crippen LogP contribution in [0.15, 0.2) is 52.4 Å². The smallest absolute Gasteiger partial charge is 0.243 e. The van der Waals surface area contributed by atoms with E-state index in [2.05, 4.69) is 20.5 Å². The first-order valence-corrected chi connectivity index (χ1v) is 14.6. The third kappa shape index (κ3) is 5.31. The molecule has 0 bridgehead atoms. The summed E-state index contributed by atoms with van der Waals surface area (Å²) in [6.07, 6.45) is 4.05. The van der Waals surface area contributed by atoms with Crippen molar-refractivity contribution in [2.75, 3.05) is 44.3 Å². The maximum absolute atomic E-state index is 13.5. The van der Waals surface area contributed by atoms with Crippen LogP contribution in [-0.2, 0) is 14.8 Å². The van der Waals surface area contributed by atoms with E-state index in [4.69, 9.17) is 27.9 Å². The summed E-state index contributed by atoms with van der Waals surface area (Å²) in [5.41, 5.74) is 5.51. The van der Waals surface area contributed by atoms with Gasteiger partial charge in [-0.2, -0.15) is 4.31 Å². The molecule has 2 aromatic carbocycles. The molecule has 2 aliphatic rings. The van der Waals surface area contributed by atoms with E-state index in [1.165, 1.54) is 4.31 Å². The average Bonchev–Trinajstić information content (AvgIpc) is 3.53. The van der Waals surface area contributed by atoms with Gasteiger partial charge in [0.1, 0.15) is 0 Å². The number of sulfonamides is 1. The fourth-order valence-corrected chi connectivity index (χ4v) is 6.72. The third-order valence-corrected chi connectivity index (χ3v) is 9.60. The highest BCUT2D eigenvalue weighted by molar-refractivity contribution is 7.89. The zero-order valence-electron chi connectivity index (χ0n) is 21.0. The molecule has 2 saturated heterocycles. The Bertz CT molecular complexity index is 1440. The first kappa shape index (κ1) is 26.3. The van der Waals surface area contributed by atoms with Crippen molar-refractivity contribution >= 4 is 50.8 Å². The van der Waals surface area contributed by atoms with Crippen LogP contribution in [0.3, 0.4) is 0 Å².